The van der Waals surface area contributed by atoms with E-state index in [1.807, 2.05) is 0 Å². The summed E-state index contributed by atoms with van der Waals surface area (Å²) in [6.45, 7) is 1.78. The van der Waals surface area contributed by atoms with E-state index >= 15 is 0 Å². The molecule has 29 heavy (non-hydrogen) atoms. The summed E-state index contributed by atoms with van der Waals surface area (Å²) < 4.78 is 15.8. The van der Waals surface area contributed by atoms with Crippen LogP contribution in [-0.2, 0) is 4.79 Å². The van der Waals surface area contributed by atoms with Gasteiger partial charge in [0.05, 0.1) is 21.8 Å². The predicted octanol–water partition coefficient (Wildman–Crippen LogP) is 4.06. The third kappa shape index (κ3) is 4.05. The molecule has 150 valence electrons. The van der Waals surface area contributed by atoms with E-state index in [9.17, 15) is 14.0 Å². The largest absolute Gasteiger partial charge is 0.352 e. The van der Waals surface area contributed by atoms with E-state index in [1.54, 1.807) is 49.4 Å². The summed E-state index contributed by atoms with van der Waals surface area (Å²) in [6, 6.07) is 13.3. The Kier molecular flexibility index (Phi) is 5.67. The molecule has 0 unspecified atom stereocenters. The van der Waals surface area contributed by atoms with E-state index in [2.05, 4.69) is 10.3 Å². The molecule has 1 heterocycles. The van der Waals surface area contributed by atoms with Gasteiger partial charge in [-0.15, -0.1) is 0 Å². The lowest BCUT2D eigenvalue weighted by Crippen LogP contribution is -2.38. The van der Waals surface area contributed by atoms with Gasteiger partial charge in [-0.05, 0) is 44.0 Å². The molecule has 1 aliphatic rings. The van der Waals surface area contributed by atoms with Crippen LogP contribution in [0.5, 0.6) is 0 Å². The minimum absolute atomic E-state index is 0.0932. The molecule has 0 bridgehead atoms. The Balaban J connectivity index is 1.74. The summed E-state index contributed by atoms with van der Waals surface area (Å²) in [5.41, 5.74) is 0.296. The van der Waals surface area contributed by atoms with Gasteiger partial charge in [0.2, 0.25) is 5.91 Å². The topological polar surface area (TPSA) is 64.0 Å². The van der Waals surface area contributed by atoms with Crippen molar-refractivity contribution in [3.63, 3.8) is 0 Å². The number of benzene rings is 2. The molecule has 1 fully saturated rings. The number of nitrogens with zero attached hydrogens (tertiary/aromatic N) is 2. The zero-order chi connectivity index (χ0) is 20.4. The number of thioether (sulfide) groups is 1. The van der Waals surface area contributed by atoms with Crippen molar-refractivity contribution in [2.75, 3.05) is 0 Å². The maximum Gasteiger partial charge on any atom is 0.266 e. The number of aromatic nitrogens is 2. The first-order valence-corrected chi connectivity index (χ1v) is 10.7. The Labute approximate surface area is 172 Å². The van der Waals surface area contributed by atoms with Crippen LogP contribution in [0, 0.1) is 5.82 Å². The fourth-order valence-corrected chi connectivity index (χ4v) is 4.57. The fraction of sp³-hybridized carbons (Fsp3) is 0.318. The minimum Gasteiger partial charge on any atom is -0.352 e. The molecule has 5 nitrogen and oxygen atoms in total. The molecule has 3 aromatic rings. The van der Waals surface area contributed by atoms with Gasteiger partial charge in [-0.2, -0.15) is 0 Å². The van der Waals surface area contributed by atoms with Crippen molar-refractivity contribution in [1.29, 1.82) is 0 Å². The number of nitrogens with one attached hydrogen (secondary N) is 1. The molecule has 2 aromatic carbocycles. The van der Waals surface area contributed by atoms with E-state index in [4.69, 9.17) is 0 Å². The van der Waals surface area contributed by atoms with Gasteiger partial charge < -0.3 is 5.32 Å². The second-order valence-electron chi connectivity index (χ2n) is 7.25. The van der Waals surface area contributed by atoms with Gasteiger partial charge in [0, 0.05) is 6.04 Å². The van der Waals surface area contributed by atoms with Gasteiger partial charge in [0.1, 0.15) is 5.82 Å². The van der Waals surface area contributed by atoms with Crippen molar-refractivity contribution in [3.05, 3.63) is 64.7 Å². The highest BCUT2D eigenvalue weighted by Crippen LogP contribution is 2.27. The van der Waals surface area contributed by atoms with Crippen molar-refractivity contribution in [2.24, 2.45) is 0 Å². The van der Waals surface area contributed by atoms with E-state index in [0.29, 0.717) is 16.1 Å². The van der Waals surface area contributed by atoms with Gasteiger partial charge in [0.15, 0.2) is 5.16 Å². The number of rotatable bonds is 5. The Morgan fingerprint density at radius 2 is 1.86 bits per heavy atom. The molecule has 1 N–H and O–H groups in total. The number of para-hydroxylation sites is 2. The highest BCUT2D eigenvalue weighted by molar-refractivity contribution is 8.00. The van der Waals surface area contributed by atoms with Crippen molar-refractivity contribution in [3.8, 4) is 5.69 Å². The van der Waals surface area contributed by atoms with Crippen LogP contribution < -0.4 is 10.9 Å². The van der Waals surface area contributed by atoms with Gasteiger partial charge in [-0.25, -0.2) is 9.37 Å². The Morgan fingerprint density at radius 1 is 1.17 bits per heavy atom. The highest BCUT2D eigenvalue weighted by atomic mass is 32.2. The number of halogens is 1. The normalized spacial score (nSPS) is 15.5. The van der Waals surface area contributed by atoms with Crippen molar-refractivity contribution < 1.29 is 9.18 Å². The third-order valence-electron chi connectivity index (χ3n) is 5.19. The quantitative estimate of drug-likeness (QED) is 0.508. The molecule has 0 radical (unpaired) electrons. The Morgan fingerprint density at radius 3 is 2.62 bits per heavy atom. The lowest BCUT2D eigenvalue weighted by molar-refractivity contribution is -0.120. The highest BCUT2D eigenvalue weighted by Gasteiger charge is 2.24. The standard InChI is InChI=1S/C22H22FN3O2S/c1-14(20(27)24-15-8-2-3-9-15)29-22-25-18-12-6-4-10-16(18)21(28)26(22)19-13-7-5-11-17(19)23/h4-7,10-15H,2-3,8-9H2,1H3,(H,24,27)/t14-/m1/s1. The molecule has 7 heteroatoms. The zero-order valence-corrected chi connectivity index (χ0v) is 16.9. The molecular weight excluding hydrogens is 389 g/mol. The van der Waals surface area contributed by atoms with Crippen molar-refractivity contribution >= 4 is 28.6 Å². The van der Waals surface area contributed by atoms with Gasteiger partial charge >= 0.3 is 0 Å². The molecule has 1 atom stereocenters. The first kappa shape index (κ1) is 19.6. The smallest absolute Gasteiger partial charge is 0.266 e. The SMILES string of the molecule is C[C@@H](Sc1nc2ccccc2c(=O)n1-c1ccccc1F)C(=O)NC1CCCC1. The third-order valence-corrected chi connectivity index (χ3v) is 6.24. The summed E-state index contributed by atoms with van der Waals surface area (Å²) in [7, 11) is 0. The Hall–Kier alpha value is -2.67. The van der Waals surface area contributed by atoms with E-state index < -0.39 is 11.1 Å². The molecule has 4 rings (SSSR count). The van der Waals surface area contributed by atoms with Gasteiger partial charge in [0.25, 0.3) is 5.56 Å². The molecule has 0 spiro atoms. The molecule has 1 saturated carbocycles. The first-order chi connectivity index (χ1) is 14.0. The molecule has 0 saturated heterocycles. The number of hydrogen-bond donors (Lipinski definition) is 1. The van der Waals surface area contributed by atoms with Crippen LogP contribution in [0.25, 0.3) is 16.6 Å². The Bertz CT molecular complexity index is 1110. The molecule has 1 amide bonds. The number of carbonyl (C=O) groups excluding carboxylic acids is 1. The van der Waals surface area contributed by atoms with Crippen LogP contribution in [0.4, 0.5) is 4.39 Å². The average molecular weight is 412 g/mol. The lowest BCUT2D eigenvalue weighted by atomic mass is 10.2. The summed E-state index contributed by atoms with van der Waals surface area (Å²) in [6.07, 6.45) is 4.26. The maximum absolute atomic E-state index is 14.5. The van der Waals surface area contributed by atoms with E-state index in [-0.39, 0.29) is 23.2 Å². The minimum atomic E-state index is -0.517. The van der Waals surface area contributed by atoms with Crippen molar-refractivity contribution in [1.82, 2.24) is 14.9 Å². The van der Waals surface area contributed by atoms with Crippen LogP contribution in [0.1, 0.15) is 32.6 Å². The second kappa shape index (κ2) is 8.37. The number of carbonyl (C=O) groups is 1. The summed E-state index contributed by atoms with van der Waals surface area (Å²) in [4.78, 5) is 30.4. The predicted molar refractivity (Wildman–Crippen MR) is 113 cm³/mol. The van der Waals surface area contributed by atoms with Crippen LogP contribution >= 0.6 is 11.8 Å². The average Bonchev–Trinajstić information content (AvgIpc) is 3.22. The molecule has 0 aliphatic heterocycles. The summed E-state index contributed by atoms with van der Waals surface area (Å²) >= 11 is 1.17. The molecular formula is C22H22FN3O2S. The fourth-order valence-electron chi connectivity index (χ4n) is 3.64. The van der Waals surface area contributed by atoms with E-state index in [1.165, 1.54) is 22.4 Å². The van der Waals surface area contributed by atoms with Crippen molar-refractivity contribution in [2.45, 2.75) is 49.1 Å². The van der Waals surface area contributed by atoms with Gasteiger partial charge in [-0.1, -0.05) is 48.9 Å². The lowest BCUT2D eigenvalue weighted by Gasteiger charge is -2.18. The van der Waals surface area contributed by atoms with Crippen LogP contribution in [0.15, 0.2) is 58.5 Å². The zero-order valence-electron chi connectivity index (χ0n) is 16.1. The van der Waals surface area contributed by atoms with Crippen LogP contribution in [0.3, 0.4) is 0 Å². The molecule has 1 aromatic heterocycles. The summed E-state index contributed by atoms with van der Waals surface area (Å²) in [5, 5.41) is 3.31. The monoisotopic (exact) mass is 411 g/mol. The number of hydrogen-bond acceptors (Lipinski definition) is 4. The van der Waals surface area contributed by atoms with E-state index in [0.717, 1.165) is 25.7 Å². The number of fused-ring (bicyclic) bond motifs is 1. The first-order valence-electron chi connectivity index (χ1n) is 9.78. The van der Waals surface area contributed by atoms with Gasteiger partial charge in [-0.3, -0.25) is 14.2 Å². The molecule has 1 aliphatic carbocycles. The second-order valence-corrected chi connectivity index (χ2v) is 8.56. The van der Waals surface area contributed by atoms with Crippen LogP contribution in [0.2, 0.25) is 0 Å². The van der Waals surface area contributed by atoms with Crippen LogP contribution in [-0.4, -0.2) is 26.8 Å². The maximum atomic E-state index is 14.5. The summed E-state index contributed by atoms with van der Waals surface area (Å²) in [5.74, 6) is -0.610. The number of amides is 1.